The molecule has 21 rings (SSSR count). The van der Waals surface area contributed by atoms with Gasteiger partial charge in [-0.15, -0.1) is 0 Å². The molecule has 0 N–H and O–H groups in total. The van der Waals surface area contributed by atoms with Gasteiger partial charge in [0.25, 0.3) is 6.71 Å². The maximum Gasteiger partial charge on any atom is 0.252 e. The number of aromatic nitrogens is 2. The molecule has 0 saturated heterocycles. The van der Waals surface area contributed by atoms with Gasteiger partial charge in [-0.05, 0) is 293 Å². The summed E-state index contributed by atoms with van der Waals surface area (Å²) in [5.74, 6) is 0. The van der Waals surface area contributed by atoms with Gasteiger partial charge in [0.1, 0.15) is 0 Å². The number of anilines is 6. The Hall–Kier alpha value is -14.0. The van der Waals surface area contributed by atoms with E-state index in [4.69, 9.17) is 0 Å². The predicted molar refractivity (Wildman–Crippen MR) is 592 cm³/mol. The van der Waals surface area contributed by atoms with Crippen molar-refractivity contribution in [2.45, 2.75) is 185 Å². The van der Waals surface area contributed by atoms with E-state index in [1.165, 1.54) is 166 Å². The highest BCUT2D eigenvalue weighted by Gasteiger charge is 2.47. The van der Waals surface area contributed by atoms with Crippen molar-refractivity contribution in [1.29, 1.82) is 0 Å². The van der Waals surface area contributed by atoms with Crippen LogP contribution < -0.4 is 26.2 Å². The smallest absolute Gasteiger partial charge is 0.252 e. The topological polar surface area (TPSA) is 16.3 Å². The average Bonchev–Trinajstić information content (AvgIpc) is 1.49. The maximum absolute atomic E-state index is 2.79. The molecule has 0 aliphatic carbocycles. The first kappa shape index (κ1) is 89.5. The Balaban J connectivity index is 0.937. The summed E-state index contributed by atoms with van der Waals surface area (Å²) < 4.78 is 5.16. The van der Waals surface area contributed by atoms with E-state index in [2.05, 4.69) is 528 Å². The van der Waals surface area contributed by atoms with E-state index in [0.717, 1.165) is 80.4 Å². The highest BCUT2D eigenvalue weighted by Crippen LogP contribution is 2.55. The van der Waals surface area contributed by atoms with E-state index in [1.807, 2.05) is 0 Å². The molecule has 0 radical (unpaired) electrons. The van der Waals surface area contributed by atoms with Crippen LogP contribution >= 0.6 is 0 Å². The molecule has 4 nitrogen and oxygen atoms in total. The first-order chi connectivity index (χ1) is 65.3. The van der Waals surface area contributed by atoms with Gasteiger partial charge in [0.2, 0.25) is 0 Å². The van der Waals surface area contributed by atoms with Crippen LogP contribution in [0.2, 0.25) is 0 Å². The Morgan fingerprint density at radius 2 is 0.467 bits per heavy atom. The molecule has 137 heavy (non-hydrogen) atoms. The average molecular weight is 1780 g/mol. The van der Waals surface area contributed by atoms with Crippen LogP contribution in [0.5, 0.6) is 0 Å². The summed E-state index contributed by atoms with van der Waals surface area (Å²) >= 11 is 0. The van der Waals surface area contributed by atoms with Gasteiger partial charge < -0.3 is 18.9 Å². The molecule has 0 fully saturated rings. The Bertz CT molecular complexity index is 7310. The molecule has 0 bridgehead atoms. The predicted octanol–water partition coefficient (Wildman–Crippen LogP) is 35.0. The second kappa shape index (κ2) is 33.5. The summed E-state index contributed by atoms with van der Waals surface area (Å²) in [6.45, 7) is 49.8. The van der Waals surface area contributed by atoms with Crippen LogP contribution in [0.15, 0.2) is 364 Å². The van der Waals surface area contributed by atoms with Crippen LogP contribution in [-0.2, 0) is 39.9 Å². The summed E-state index contributed by atoms with van der Waals surface area (Å²) in [5.41, 5.74) is 44.2. The highest BCUT2D eigenvalue weighted by molar-refractivity contribution is 7.00. The molecule has 678 valence electrons. The molecule has 0 atom stereocenters. The van der Waals surface area contributed by atoms with Crippen molar-refractivity contribution in [3.63, 3.8) is 0 Å². The zero-order valence-corrected chi connectivity index (χ0v) is 83.9. The third-order valence-electron chi connectivity index (χ3n) is 28.9. The zero-order chi connectivity index (χ0) is 95.5. The van der Waals surface area contributed by atoms with E-state index >= 15 is 0 Å². The molecule has 2 aromatic heterocycles. The van der Waals surface area contributed by atoms with Gasteiger partial charge in [-0.1, -0.05) is 400 Å². The van der Waals surface area contributed by atoms with Gasteiger partial charge in [-0.2, -0.15) is 0 Å². The van der Waals surface area contributed by atoms with E-state index in [0.29, 0.717) is 0 Å². The molecule has 0 amide bonds. The maximum atomic E-state index is 2.79. The lowest BCUT2D eigenvalue weighted by molar-refractivity contribution is 0.411. The van der Waals surface area contributed by atoms with E-state index in [-0.39, 0.29) is 39.2 Å². The van der Waals surface area contributed by atoms with Gasteiger partial charge in [-0.3, -0.25) is 0 Å². The van der Waals surface area contributed by atoms with Gasteiger partial charge in [-0.25, -0.2) is 0 Å². The van der Waals surface area contributed by atoms with Gasteiger partial charge in [0.05, 0.1) is 33.4 Å². The lowest BCUT2D eigenvalue weighted by Gasteiger charge is -2.46. The largest absolute Gasteiger partial charge is 0.311 e. The quantitative estimate of drug-likeness (QED) is 0.101. The van der Waals surface area contributed by atoms with Gasteiger partial charge in [0, 0.05) is 66.8 Å². The van der Waals surface area contributed by atoms with E-state index < -0.39 is 5.41 Å². The number of benzene rings is 17. The molecule has 5 heteroatoms. The van der Waals surface area contributed by atoms with Crippen LogP contribution in [-0.4, -0.2) is 15.8 Å². The van der Waals surface area contributed by atoms with Crippen LogP contribution in [0.4, 0.5) is 34.1 Å². The molecular weight excluding hydrogens is 1650 g/mol. The fraction of sp³-hybridized carbons (Fsp3) is 0.227. The standard InChI is InChI=1S/C132H127BN4/c1-126(2,3)82-96-74-107(94-48-36-52-100(68-94)130(13,14)15)119(80-105(96)92-46-34-50-98(66-92)128(7,8)9)136-121-78-103(134-115-62-54-88(84-38-26-22-27-39-84)70-109(115)110-71-89(55-63-116(110)134)85-40-28-23-29-41-85)58-60-113(121)133-114-61-59-104(135-117-64-56-90(86-42-30-24-31-43-86)72-111(117)112-73-91(57-65-118(112)135)87-44-32-25-33-45-87)79-122(114)137(124-77-102(132(19,20)21)76-123(136)125(124)133)120-81-106(93-47-35-51-99(67-93)129(10,11)12)97(83-127(4,5)6)75-108(120)95-49-37-53-101(69-95)131(16,17)18/h22-81H,82-83H2,1-21H3. The number of rotatable bonds is 14. The van der Waals surface area contributed by atoms with Crippen molar-refractivity contribution < 1.29 is 0 Å². The minimum Gasteiger partial charge on any atom is -0.311 e. The first-order valence-electron chi connectivity index (χ1n) is 49.5. The first-order valence-corrected chi connectivity index (χ1v) is 49.5. The van der Waals surface area contributed by atoms with Crippen molar-refractivity contribution in [3.8, 4) is 100 Å². The van der Waals surface area contributed by atoms with Crippen LogP contribution in [0.3, 0.4) is 0 Å². The lowest BCUT2D eigenvalue weighted by Crippen LogP contribution is -2.61. The molecule has 0 unspecified atom stereocenters. The Labute approximate surface area is 813 Å². The number of nitrogens with zero attached hydrogens (tertiary/aromatic N) is 4. The number of hydrogen-bond acceptors (Lipinski definition) is 2. The summed E-state index contributed by atoms with van der Waals surface area (Å²) in [5, 5.41) is 4.80. The molecule has 2 aliphatic rings. The monoisotopic (exact) mass is 1780 g/mol. The summed E-state index contributed by atoms with van der Waals surface area (Å²) in [6.07, 6.45) is 1.70. The summed E-state index contributed by atoms with van der Waals surface area (Å²) in [7, 11) is 0. The fourth-order valence-corrected chi connectivity index (χ4v) is 21.7. The Morgan fingerprint density at radius 3 is 0.737 bits per heavy atom. The molecule has 0 saturated carbocycles. The second-order valence-electron chi connectivity index (χ2n) is 46.7. The minimum absolute atomic E-state index is 0.0857. The fourth-order valence-electron chi connectivity index (χ4n) is 21.7. The minimum atomic E-state index is -0.402. The van der Waals surface area contributed by atoms with Crippen molar-refractivity contribution in [2.24, 2.45) is 10.8 Å². The summed E-state index contributed by atoms with van der Waals surface area (Å²) in [4.78, 5) is 5.59. The third-order valence-corrected chi connectivity index (χ3v) is 28.9. The molecule has 19 aromatic rings. The zero-order valence-electron chi connectivity index (χ0n) is 83.9. The highest BCUT2D eigenvalue weighted by atomic mass is 15.2. The van der Waals surface area contributed by atoms with Gasteiger partial charge in [0.15, 0.2) is 0 Å². The molecule has 2 aliphatic heterocycles. The normalized spacial score (nSPS) is 13.2. The molecule has 17 aromatic carbocycles. The Kier molecular flexibility index (Phi) is 21.9. The van der Waals surface area contributed by atoms with Crippen LogP contribution in [0.25, 0.3) is 144 Å². The van der Waals surface area contributed by atoms with Gasteiger partial charge >= 0.3 is 0 Å². The SMILES string of the molecule is CC(C)(C)Cc1cc(-c2cccc(C(C)(C)C)c2)c(N2c3cc(-n4c5ccc(-c6ccccc6)cc5c5cc(-c6ccccc6)ccc54)ccc3B3c4ccc(-n5c6ccc(-c7ccccc7)cc6c6cc(-c7ccccc7)ccc65)cc4N(c4cc(-c5cccc(C(C)(C)C)c5)c(CC(C)(C)C)cc4-c4cccc(C(C)(C)C)c4)c4cc(C(C)(C)C)cc2c43)cc1-c1cccc(C(C)(C)C)c1. The molecule has 0 spiro atoms. The molecule has 4 heterocycles. The second-order valence-corrected chi connectivity index (χ2v) is 46.7. The van der Waals surface area contributed by atoms with Crippen molar-refractivity contribution in [3.05, 3.63) is 403 Å². The van der Waals surface area contributed by atoms with Crippen molar-refractivity contribution >= 4 is 101 Å². The van der Waals surface area contributed by atoms with E-state index in [1.54, 1.807) is 0 Å². The Morgan fingerprint density at radius 1 is 0.197 bits per heavy atom. The van der Waals surface area contributed by atoms with E-state index in [9.17, 15) is 0 Å². The summed E-state index contributed by atoms with van der Waals surface area (Å²) in [6, 6.07) is 142. The molecular formula is C132H127BN4. The van der Waals surface area contributed by atoms with Crippen LogP contribution in [0, 0.1) is 10.8 Å². The number of fused-ring (bicyclic) bond motifs is 10. The van der Waals surface area contributed by atoms with Crippen molar-refractivity contribution in [2.75, 3.05) is 9.80 Å². The number of hydrogen-bond donors (Lipinski definition) is 0. The third kappa shape index (κ3) is 16.7. The van der Waals surface area contributed by atoms with Crippen LogP contribution in [0.1, 0.15) is 184 Å². The lowest BCUT2D eigenvalue weighted by atomic mass is 9.33. The van der Waals surface area contributed by atoms with Crippen molar-refractivity contribution in [1.82, 2.24) is 9.13 Å².